The third-order valence-electron chi connectivity index (χ3n) is 3.06. The molecule has 2 rings (SSSR count). The van der Waals surface area contributed by atoms with Gasteiger partial charge in [-0.05, 0) is 24.3 Å². The summed E-state index contributed by atoms with van der Waals surface area (Å²) in [6, 6.07) is 12.9. The summed E-state index contributed by atoms with van der Waals surface area (Å²) in [5.41, 5.74) is 3.19. The highest BCUT2D eigenvalue weighted by atomic mass is 16.6. The van der Waals surface area contributed by atoms with Gasteiger partial charge in [0.2, 0.25) is 0 Å². The summed E-state index contributed by atoms with van der Waals surface area (Å²) >= 11 is 0. The fourth-order valence-electron chi connectivity index (χ4n) is 1.92. The van der Waals surface area contributed by atoms with Gasteiger partial charge in [-0.25, -0.2) is 5.43 Å². The number of amides is 1. The summed E-state index contributed by atoms with van der Waals surface area (Å²) in [6.45, 7) is 0. The van der Waals surface area contributed by atoms with Crippen molar-refractivity contribution < 1.29 is 14.5 Å². The van der Waals surface area contributed by atoms with Crippen LogP contribution in [0.1, 0.15) is 15.9 Å². The van der Waals surface area contributed by atoms with Gasteiger partial charge in [0.25, 0.3) is 11.6 Å². The minimum atomic E-state index is -0.559. The number of carbonyl (C=O) groups excluding carboxylic acids is 1. The molecule has 7 nitrogen and oxygen atoms in total. The number of nitrogens with zero attached hydrogens (tertiary/aromatic N) is 2. The van der Waals surface area contributed by atoms with E-state index in [2.05, 4.69) is 10.5 Å². The molecule has 0 spiro atoms. The number of nitrogens with one attached hydrogen (secondary N) is 1. The maximum Gasteiger partial charge on any atom is 0.271 e. The average molecular weight is 325 g/mol. The fraction of sp³-hybridized carbons (Fsp3) is 0.0588. The van der Waals surface area contributed by atoms with E-state index < -0.39 is 10.8 Å². The molecule has 2 aromatic carbocycles. The number of non-ortho nitro benzene ring substituents is 1. The highest BCUT2D eigenvalue weighted by Gasteiger charge is 2.10. The van der Waals surface area contributed by atoms with Crippen molar-refractivity contribution in [3.63, 3.8) is 0 Å². The Morgan fingerprint density at radius 1 is 1.25 bits per heavy atom. The lowest BCUT2D eigenvalue weighted by atomic mass is 10.2. The molecule has 0 unspecified atom stereocenters. The first-order valence-corrected chi connectivity index (χ1v) is 6.99. The Bertz CT molecular complexity index is 800. The van der Waals surface area contributed by atoms with Crippen molar-refractivity contribution in [3.8, 4) is 5.75 Å². The number of hydrogen-bond acceptors (Lipinski definition) is 5. The lowest BCUT2D eigenvalue weighted by Gasteiger charge is -2.02. The first-order valence-electron chi connectivity index (χ1n) is 6.99. The highest BCUT2D eigenvalue weighted by molar-refractivity contribution is 5.95. The summed E-state index contributed by atoms with van der Waals surface area (Å²) in [5, 5.41) is 14.5. The summed E-state index contributed by atoms with van der Waals surface area (Å²) < 4.78 is 5.21. The van der Waals surface area contributed by atoms with Gasteiger partial charge in [0.05, 0.1) is 12.0 Å². The molecule has 1 amide bonds. The molecular formula is C17H15N3O4. The van der Waals surface area contributed by atoms with Crippen LogP contribution < -0.4 is 10.2 Å². The predicted octanol–water partition coefficient (Wildman–Crippen LogP) is 3.03. The highest BCUT2D eigenvalue weighted by Crippen LogP contribution is 2.18. The largest absolute Gasteiger partial charge is 0.496 e. The molecule has 2 aromatic rings. The second-order valence-electron chi connectivity index (χ2n) is 4.63. The second-order valence-corrected chi connectivity index (χ2v) is 4.63. The van der Waals surface area contributed by atoms with Crippen LogP contribution in [-0.2, 0) is 0 Å². The molecule has 0 aliphatic heterocycles. The number of carbonyl (C=O) groups is 1. The third-order valence-corrected chi connectivity index (χ3v) is 3.06. The maximum atomic E-state index is 11.9. The summed E-state index contributed by atoms with van der Waals surface area (Å²) in [5.74, 6) is 0.198. The minimum Gasteiger partial charge on any atom is -0.496 e. The molecule has 24 heavy (non-hydrogen) atoms. The number of rotatable bonds is 6. The molecule has 0 atom stereocenters. The van der Waals surface area contributed by atoms with Gasteiger partial charge in [-0.1, -0.05) is 24.3 Å². The van der Waals surface area contributed by atoms with Gasteiger partial charge in [-0.2, -0.15) is 5.10 Å². The monoisotopic (exact) mass is 325 g/mol. The molecule has 0 bridgehead atoms. The Balaban J connectivity index is 1.96. The zero-order valence-corrected chi connectivity index (χ0v) is 12.9. The summed E-state index contributed by atoms with van der Waals surface area (Å²) in [4.78, 5) is 22.0. The van der Waals surface area contributed by atoms with E-state index in [4.69, 9.17) is 4.74 Å². The molecule has 0 aromatic heterocycles. The van der Waals surface area contributed by atoms with Crippen molar-refractivity contribution >= 4 is 23.9 Å². The Morgan fingerprint density at radius 2 is 2.04 bits per heavy atom. The molecule has 0 saturated carbocycles. The van der Waals surface area contributed by atoms with Crippen LogP contribution >= 0.6 is 0 Å². The quantitative estimate of drug-likeness (QED) is 0.502. The SMILES string of the molecule is COc1ccccc1/C=C/C=N\NC(=O)c1cccc([N+](=O)[O-])c1. The van der Waals surface area contributed by atoms with Gasteiger partial charge in [0, 0.05) is 29.5 Å². The van der Waals surface area contributed by atoms with Crippen molar-refractivity contribution in [1.29, 1.82) is 0 Å². The topological polar surface area (TPSA) is 93.8 Å². The number of benzene rings is 2. The number of allylic oxidation sites excluding steroid dienone is 1. The summed E-state index contributed by atoms with van der Waals surface area (Å²) in [6.07, 6.45) is 4.83. The van der Waals surface area contributed by atoms with Crippen molar-refractivity contribution in [2.75, 3.05) is 7.11 Å². The molecule has 1 N–H and O–H groups in total. The van der Waals surface area contributed by atoms with Crippen LogP contribution in [0.3, 0.4) is 0 Å². The number of hydrogen-bond donors (Lipinski definition) is 1. The van der Waals surface area contributed by atoms with Crippen molar-refractivity contribution in [3.05, 3.63) is 75.8 Å². The Labute approximate surface area is 138 Å². The van der Waals surface area contributed by atoms with Crippen LogP contribution in [0.2, 0.25) is 0 Å². The Morgan fingerprint density at radius 3 is 2.79 bits per heavy atom. The molecule has 122 valence electrons. The maximum absolute atomic E-state index is 11.9. The van der Waals surface area contributed by atoms with E-state index in [1.807, 2.05) is 24.3 Å². The van der Waals surface area contributed by atoms with Crippen molar-refractivity contribution in [1.82, 2.24) is 5.43 Å². The van der Waals surface area contributed by atoms with Gasteiger partial charge < -0.3 is 4.74 Å². The fourth-order valence-corrected chi connectivity index (χ4v) is 1.92. The molecule has 0 radical (unpaired) electrons. The van der Waals surface area contributed by atoms with Gasteiger partial charge in [-0.15, -0.1) is 0 Å². The van der Waals surface area contributed by atoms with Crippen LogP contribution in [0.15, 0.2) is 59.7 Å². The number of para-hydroxylation sites is 1. The Hall–Kier alpha value is -3.48. The van der Waals surface area contributed by atoms with Crippen LogP contribution in [-0.4, -0.2) is 24.2 Å². The first-order chi connectivity index (χ1) is 11.6. The van der Waals surface area contributed by atoms with E-state index in [9.17, 15) is 14.9 Å². The molecular weight excluding hydrogens is 310 g/mol. The number of ether oxygens (including phenoxy) is 1. The lowest BCUT2D eigenvalue weighted by Crippen LogP contribution is -2.17. The van der Waals surface area contributed by atoms with Gasteiger partial charge >= 0.3 is 0 Å². The zero-order chi connectivity index (χ0) is 17.4. The van der Waals surface area contributed by atoms with Gasteiger partial charge in [-0.3, -0.25) is 14.9 Å². The van der Waals surface area contributed by atoms with Crippen molar-refractivity contribution in [2.45, 2.75) is 0 Å². The van der Waals surface area contributed by atoms with Crippen LogP contribution in [0, 0.1) is 10.1 Å². The lowest BCUT2D eigenvalue weighted by molar-refractivity contribution is -0.384. The second kappa shape index (κ2) is 8.23. The van der Waals surface area contributed by atoms with Crippen molar-refractivity contribution in [2.24, 2.45) is 5.10 Å². The standard InChI is InChI=1S/C17H15N3O4/c1-24-16-10-3-2-6-13(16)8-5-11-18-19-17(21)14-7-4-9-15(12-14)20(22)23/h2-12H,1H3,(H,19,21)/b8-5+,18-11-. The van der Waals surface area contributed by atoms with Crippen LogP contribution in [0.4, 0.5) is 5.69 Å². The number of methoxy groups -OCH3 is 1. The van der Waals surface area contributed by atoms with E-state index in [0.29, 0.717) is 0 Å². The van der Waals surface area contributed by atoms with E-state index in [1.54, 1.807) is 19.3 Å². The first kappa shape index (κ1) is 16.9. The number of nitro groups is 1. The van der Waals surface area contributed by atoms with Crippen LogP contribution in [0.5, 0.6) is 5.75 Å². The minimum absolute atomic E-state index is 0.150. The third kappa shape index (κ3) is 4.51. The van der Waals surface area contributed by atoms with E-state index in [1.165, 1.54) is 30.5 Å². The van der Waals surface area contributed by atoms with E-state index in [0.717, 1.165) is 11.3 Å². The molecule has 0 heterocycles. The van der Waals surface area contributed by atoms with Gasteiger partial charge in [0.15, 0.2) is 0 Å². The number of nitro benzene ring substituents is 1. The van der Waals surface area contributed by atoms with Crippen LogP contribution in [0.25, 0.3) is 6.08 Å². The van der Waals surface area contributed by atoms with Gasteiger partial charge in [0.1, 0.15) is 5.75 Å². The molecule has 0 saturated heterocycles. The smallest absolute Gasteiger partial charge is 0.271 e. The zero-order valence-electron chi connectivity index (χ0n) is 12.9. The molecule has 7 heteroatoms. The Kier molecular flexibility index (Phi) is 5.79. The van der Waals surface area contributed by atoms with E-state index >= 15 is 0 Å². The molecule has 0 fully saturated rings. The number of hydrazone groups is 1. The molecule has 0 aliphatic rings. The predicted molar refractivity (Wildman–Crippen MR) is 91.1 cm³/mol. The molecule has 0 aliphatic carbocycles. The average Bonchev–Trinajstić information content (AvgIpc) is 2.61. The summed E-state index contributed by atoms with van der Waals surface area (Å²) in [7, 11) is 1.58. The normalized spacial score (nSPS) is 10.9. The van der Waals surface area contributed by atoms with E-state index in [-0.39, 0.29) is 11.3 Å².